The zero-order valence-corrected chi connectivity index (χ0v) is 14.9. The van der Waals surface area contributed by atoms with E-state index in [-0.39, 0.29) is 11.7 Å². The largest absolute Gasteiger partial charge is 0.453 e. The summed E-state index contributed by atoms with van der Waals surface area (Å²) in [5.41, 5.74) is 1.58. The Morgan fingerprint density at radius 1 is 1.12 bits per heavy atom. The van der Waals surface area contributed by atoms with Gasteiger partial charge in [0, 0.05) is 18.1 Å². The van der Waals surface area contributed by atoms with E-state index in [0.717, 1.165) is 16.7 Å². The van der Waals surface area contributed by atoms with E-state index in [0.29, 0.717) is 16.7 Å². The Kier molecular flexibility index (Phi) is 4.45. The zero-order chi connectivity index (χ0) is 17.9. The number of benzene rings is 2. The maximum Gasteiger partial charge on any atom is 0.234 e. The summed E-state index contributed by atoms with van der Waals surface area (Å²) < 4.78 is 7.67. The van der Waals surface area contributed by atoms with E-state index in [1.807, 2.05) is 72.3 Å². The molecule has 2 aromatic carbocycles. The lowest BCUT2D eigenvalue weighted by Crippen LogP contribution is -2.14. The highest BCUT2D eigenvalue weighted by Gasteiger charge is 2.16. The number of aromatic nitrogens is 3. The number of para-hydroxylation sites is 2. The molecule has 0 aliphatic heterocycles. The molecule has 0 saturated heterocycles. The van der Waals surface area contributed by atoms with Crippen LogP contribution in [0.3, 0.4) is 0 Å². The second-order valence-electron chi connectivity index (χ2n) is 5.72. The van der Waals surface area contributed by atoms with Gasteiger partial charge >= 0.3 is 0 Å². The highest BCUT2D eigenvalue weighted by Crippen LogP contribution is 2.28. The molecule has 7 heteroatoms. The standard InChI is InChI=1S/C19H16N4O2S/c1-23-18(16-11-13-7-5-6-10-15(13)25-16)21-22-19(23)26-12-17(24)20-14-8-3-2-4-9-14/h2-11H,12H2,1H3,(H,20,24). The molecule has 0 spiro atoms. The first-order valence-electron chi connectivity index (χ1n) is 8.07. The van der Waals surface area contributed by atoms with Crippen molar-refractivity contribution in [2.45, 2.75) is 5.16 Å². The van der Waals surface area contributed by atoms with E-state index in [1.54, 1.807) is 0 Å². The van der Waals surface area contributed by atoms with Crippen molar-refractivity contribution in [3.8, 4) is 11.6 Å². The van der Waals surface area contributed by atoms with Crippen LogP contribution in [0, 0.1) is 0 Å². The molecule has 0 aliphatic rings. The first-order chi connectivity index (χ1) is 12.7. The number of furan rings is 1. The zero-order valence-electron chi connectivity index (χ0n) is 14.0. The van der Waals surface area contributed by atoms with Crippen molar-refractivity contribution in [1.29, 1.82) is 0 Å². The predicted octanol–water partition coefficient (Wildman–Crippen LogP) is 3.96. The van der Waals surface area contributed by atoms with E-state index in [4.69, 9.17) is 4.42 Å². The van der Waals surface area contributed by atoms with Crippen molar-refractivity contribution in [3.05, 3.63) is 60.7 Å². The van der Waals surface area contributed by atoms with E-state index in [9.17, 15) is 4.79 Å². The second kappa shape index (κ2) is 7.05. The normalized spacial score (nSPS) is 11.0. The summed E-state index contributed by atoms with van der Waals surface area (Å²) in [7, 11) is 1.86. The van der Waals surface area contributed by atoms with Crippen LogP contribution >= 0.6 is 11.8 Å². The minimum Gasteiger partial charge on any atom is -0.453 e. The third-order valence-corrected chi connectivity index (χ3v) is 4.89. The molecule has 0 unspecified atom stereocenters. The summed E-state index contributed by atoms with van der Waals surface area (Å²) in [5, 5.41) is 12.9. The minimum atomic E-state index is -0.0884. The minimum absolute atomic E-state index is 0.0884. The van der Waals surface area contributed by atoms with E-state index in [1.165, 1.54) is 11.8 Å². The van der Waals surface area contributed by atoms with Crippen LogP contribution in [0.4, 0.5) is 5.69 Å². The van der Waals surface area contributed by atoms with Crippen molar-refractivity contribution >= 4 is 34.3 Å². The number of amides is 1. The van der Waals surface area contributed by atoms with Gasteiger partial charge in [0.05, 0.1) is 5.75 Å². The van der Waals surface area contributed by atoms with Gasteiger partial charge in [0.25, 0.3) is 0 Å². The summed E-state index contributed by atoms with van der Waals surface area (Å²) in [6.45, 7) is 0. The van der Waals surface area contributed by atoms with Gasteiger partial charge in [-0.2, -0.15) is 0 Å². The van der Waals surface area contributed by atoms with Gasteiger partial charge in [0.15, 0.2) is 16.7 Å². The fourth-order valence-electron chi connectivity index (χ4n) is 2.60. The molecular formula is C19H16N4O2S. The number of hydrogen-bond donors (Lipinski definition) is 1. The molecule has 26 heavy (non-hydrogen) atoms. The highest BCUT2D eigenvalue weighted by molar-refractivity contribution is 7.99. The quantitative estimate of drug-likeness (QED) is 0.543. The predicted molar refractivity (Wildman–Crippen MR) is 102 cm³/mol. The van der Waals surface area contributed by atoms with Crippen LogP contribution in [0.25, 0.3) is 22.6 Å². The number of carbonyl (C=O) groups is 1. The van der Waals surface area contributed by atoms with Crippen LogP contribution in [0.5, 0.6) is 0 Å². The summed E-state index contributed by atoms with van der Waals surface area (Å²) in [4.78, 5) is 12.1. The number of anilines is 1. The SMILES string of the molecule is Cn1c(SCC(=O)Nc2ccccc2)nnc1-c1cc2ccccc2o1. The molecule has 6 nitrogen and oxygen atoms in total. The maximum absolute atomic E-state index is 12.1. The van der Waals surface area contributed by atoms with Gasteiger partial charge in [0.2, 0.25) is 5.91 Å². The van der Waals surface area contributed by atoms with Gasteiger partial charge in [0.1, 0.15) is 5.58 Å². The van der Waals surface area contributed by atoms with Crippen molar-refractivity contribution in [2.24, 2.45) is 7.05 Å². The molecule has 4 rings (SSSR count). The van der Waals surface area contributed by atoms with Crippen LogP contribution < -0.4 is 5.32 Å². The molecule has 0 aliphatic carbocycles. The van der Waals surface area contributed by atoms with Crippen LogP contribution in [0.15, 0.2) is 70.2 Å². The number of rotatable bonds is 5. The molecule has 0 atom stereocenters. The number of nitrogens with zero attached hydrogens (tertiary/aromatic N) is 3. The Hall–Kier alpha value is -3.06. The van der Waals surface area contributed by atoms with Crippen LogP contribution in [-0.4, -0.2) is 26.4 Å². The first-order valence-corrected chi connectivity index (χ1v) is 9.05. The van der Waals surface area contributed by atoms with Crippen molar-refractivity contribution in [2.75, 3.05) is 11.1 Å². The molecule has 0 radical (unpaired) electrons. The second-order valence-corrected chi connectivity index (χ2v) is 6.66. The lowest BCUT2D eigenvalue weighted by Gasteiger charge is -2.04. The average Bonchev–Trinajstić information content (AvgIpc) is 3.24. The molecular weight excluding hydrogens is 348 g/mol. The van der Waals surface area contributed by atoms with Crippen molar-refractivity contribution in [3.63, 3.8) is 0 Å². The molecule has 2 heterocycles. The molecule has 1 amide bonds. The third-order valence-electron chi connectivity index (χ3n) is 3.87. The maximum atomic E-state index is 12.1. The topological polar surface area (TPSA) is 73.0 Å². The van der Waals surface area contributed by atoms with Gasteiger partial charge in [-0.25, -0.2) is 0 Å². The van der Waals surface area contributed by atoms with Gasteiger partial charge in [-0.05, 0) is 24.3 Å². The van der Waals surface area contributed by atoms with Gasteiger partial charge in [-0.3, -0.25) is 4.79 Å². The van der Waals surface area contributed by atoms with E-state index in [2.05, 4.69) is 15.5 Å². The molecule has 0 bridgehead atoms. The molecule has 2 aromatic heterocycles. The number of thioether (sulfide) groups is 1. The number of hydrogen-bond acceptors (Lipinski definition) is 5. The Morgan fingerprint density at radius 2 is 1.88 bits per heavy atom. The summed E-state index contributed by atoms with van der Waals surface area (Å²) in [5.74, 6) is 1.45. The Labute approximate surface area is 154 Å². The van der Waals surface area contributed by atoms with Crippen LogP contribution in [0.1, 0.15) is 0 Å². The first kappa shape index (κ1) is 16.4. The monoisotopic (exact) mass is 364 g/mol. The Balaban J connectivity index is 1.46. The van der Waals surface area contributed by atoms with Crippen LogP contribution in [0.2, 0.25) is 0 Å². The van der Waals surface area contributed by atoms with E-state index >= 15 is 0 Å². The fraction of sp³-hybridized carbons (Fsp3) is 0.105. The van der Waals surface area contributed by atoms with Crippen molar-refractivity contribution < 1.29 is 9.21 Å². The fourth-order valence-corrected chi connectivity index (χ4v) is 3.31. The highest BCUT2D eigenvalue weighted by atomic mass is 32.2. The number of fused-ring (bicyclic) bond motifs is 1. The summed E-state index contributed by atoms with van der Waals surface area (Å²) >= 11 is 1.33. The summed E-state index contributed by atoms with van der Waals surface area (Å²) in [6.07, 6.45) is 0. The van der Waals surface area contributed by atoms with Crippen LogP contribution in [-0.2, 0) is 11.8 Å². The van der Waals surface area contributed by atoms with Gasteiger partial charge in [-0.1, -0.05) is 48.2 Å². The lowest BCUT2D eigenvalue weighted by molar-refractivity contribution is -0.113. The summed E-state index contributed by atoms with van der Waals surface area (Å²) in [6, 6.07) is 19.1. The van der Waals surface area contributed by atoms with E-state index < -0.39 is 0 Å². The molecule has 130 valence electrons. The average molecular weight is 364 g/mol. The molecule has 0 fully saturated rings. The smallest absolute Gasteiger partial charge is 0.234 e. The lowest BCUT2D eigenvalue weighted by atomic mass is 10.2. The molecule has 0 saturated carbocycles. The molecule has 4 aromatic rings. The Bertz CT molecular complexity index is 1020. The van der Waals surface area contributed by atoms with Gasteiger partial charge < -0.3 is 14.3 Å². The molecule has 1 N–H and O–H groups in total. The number of carbonyl (C=O) groups excluding carboxylic acids is 1. The van der Waals surface area contributed by atoms with Gasteiger partial charge in [-0.15, -0.1) is 10.2 Å². The number of nitrogens with one attached hydrogen (secondary N) is 1. The van der Waals surface area contributed by atoms with Crippen molar-refractivity contribution in [1.82, 2.24) is 14.8 Å². The third kappa shape index (κ3) is 3.34. The Morgan fingerprint density at radius 3 is 2.69 bits per heavy atom.